The lowest BCUT2D eigenvalue weighted by atomic mass is 9.91. The number of hydrogen-bond acceptors (Lipinski definition) is 5. The molecule has 2 aromatic carbocycles. The third-order valence-corrected chi connectivity index (χ3v) is 5.90. The van der Waals surface area contributed by atoms with E-state index in [2.05, 4.69) is 5.16 Å². The Bertz CT molecular complexity index is 1210. The molecule has 0 radical (unpaired) electrons. The van der Waals surface area contributed by atoms with Gasteiger partial charge in [-0.2, -0.15) is 0 Å². The first kappa shape index (κ1) is 23.5. The van der Waals surface area contributed by atoms with Gasteiger partial charge in [-0.3, -0.25) is 4.79 Å². The van der Waals surface area contributed by atoms with Crippen molar-refractivity contribution in [3.05, 3.63) is 70.7 Å². The fraction of sp³-hybridized carbons (Fsp3) is 0.333. The van der Waals surface area contributed by atoms with Crippen molar-refractivity contribution >= 4 is 12.0 Å². The molecule has 1 aliphatic rings. The molecule has 178 valence electrons. The first-order valence-corrected chi connectivity index (χ1v) is 11.3. The van der Waals surface area contributed by atoms with E-state index in [-0.39, 0.29) is 24.5 Å². The summed E-state index contributed by atoms with van der Waals surface area (Å²) in [6.07, 6.45) is 4.10. The van der Waals surface area contributed by atoms with Gasteiger partial charge >= 0.3 is 5.97 Å². The van der Waals surface area contributed by atoms with Crippen LogP contribution < -0.4 is 9.47 Å². The number of carboxylic acid groups (broad SMARTS) is 1. The number of carboxylic acids is 1. The van der Waals surface area contributed by atoms with Gasteiger partial charge in [-0.05, 0) is 74.4 Å². The van der Waals surface area contributed by atoms with Crippen LogP contribution in [0.4, 0.5) is 4.39 Å². The highest BCUT2D eigenvalue weighted by atomic mass is 19.1. The van der Waals surface area contributed by atoms with Crippen LogP contribution in [0.5, 0.6) is 11.5 Å². The molecule has 0 unspecified atom stereocenters. The van der Waals surface area contributed by atoms with Gasteiger partial charge in [0.2, 0.25) is 0 Å². The summed E-state index contributed by atoms with van der Waals surface area (Å²) in [6, 6.07) is 12.0. The number of carbonyl (C=O) groups is 1. The van der Waals surface area contributed by atoms with E-state index in [0.717, 1.165) is 24.0 Å². The van der Waals surface area contributed by atoms with Crippen LogP contribution in [-0.4, -0.2) is 23.3 Å². The summed E-state index contributed by atoms with van der Waals surface area (Å²) < 4.78 is 31.4. The first-order chi connectivity index (χ1) is 16.4. The van der Waals surface area contributed by atoms with Crippen molar-refractivity contribution in [2.75, 3.05) is 7.11 Å². The molecule has 1 fully saturated rings. The molecule has 6 nitrogen and oxygen atoms in total. The molecule has 0 saturated heterocycles. The van der Waals surface area contributed by atoms with Gasteiger partial charge in [0.15, 0.2) is 5.76 Å². The monoisotopic (exact) mass is 465 g/mol. The van der Waals surface area contributed by atoms with Gasteiger partial charge in [-0.1, -0.05) is 28.9 Å². The number of nitrogens with zero attached hydrogens (tertiary/aromatic N) is 1. The van der Waals surface area contributed by atoms with Crippen LogP contribution >= 0.6 is 0 Å². The average molecular weight is 466 g/mol. The zero-order valence-electron chi connectivity index (χ0n) is 19.5. The molecular weight excluding hydrogens is 437 g/mol. The van der Waals surface area contributed by atoms with Crippen molar-refractivity contribution in [2.24, 2.45) is 5.92 Å². The minimum Gasteiger partial charge on any atom is -0.497 e. The molecule has 1 aromatic heterocycles. The van der Waals surface area contributed by atoms with Gasteiger partial charge in [0.1, 0.15) is 29.6 Å². The topological polar surface area (TPSA) is 81.8 Å². The van der Waals surface area contributed by atoms with Crippen LogP contribution in [0.3, 0.4) is 0 Å². The smallest absolute Gasteiger partial charge is 0.303 e. The number of benzene rings is 2. The Morgan fingerprint density at radius 2 is 2.03 bits per heavy atom. The zero-order valence-corrected chi connectivity index (χ0v) is 19.5. The molecular formula is C27H28FNO5. The Morgan fingerprint density at radius 1 is 1.24 bits per heavy atom. The summed E-state index contributed by atoms with van der Waals surface area (Å²) in [7, 11) is 1.52. The number of methoxy groups -OCH3 is 1. The standard InChI is InChI=1S/C27H28FNO5/c1-16(2)11-23-25(29-34-27(23)22-13-19(32-3)9-10-24(22)28)15-33-20-6-4-5-18(12-20)21(14-26(30)31)17-7-8-17/h4-6,9-13,17,21H,7-8,14-15H2,1-3H3,(H,30,31)/t21-/m0/s1. The van der Waals surface area contributed by atoms with E-state index in [1.54, 1.807) is 12.1 Å². The number of ether oxygens (including phenoxy) is 2. The molecule has 3 aromatic rings. The highest BCUT2D eigenvalue weighted by Gasteiger charge is 2.33. The second kappa shape index (κ2) is 10.1. The Hall–Kier alpha value is -3.61. The van der Waals surface area contributed by atoms with Gasteiger partial charge in [-0.25, -0.2) is 4.39 Å². The van der Waals surface area contributed by atoms with Crippen LogP contribution in [0, 0.1) is 11.7 Å². The second-order valence-corrected chi connectivity index (χ2v) is 8.84. The van der Waals surface area contributed by atoms with E-state index >= 15 is 0 Å². The van der Waals surface area contributed by atoms with Crippen LogP contribution in [0.25, 0.3) is 17.4 Å². The van der Waals surface area contributed by atoms with Crippen LogP contribution in [0.2, 0.25) is 0 Å². The van der Waals surface area contributed by atoms with Crippen molar-refractivity contribution in [1.29, 1.82) is 0 Å². The summed E-state index contributed by atoms with van der Waals surface area (Å²) in [4.78, 5) is 11.3. The number of rotatable bonds is 10. The maximum absolute atomic E-state index is 14.6. The lowest BCUT2D eigenvalue weighted by molar-refractivity contribution is -0.137. The van der Waals surface area contributed by atoms with Crippen molar-refractivity contribution in [3.8, 4) is 22.8 Å². The molecule has 0 aliphatic heterocycles. The Kier molecular flexibility index (Phi) is 7.01. The van der Waals surface area contributed by atoms with Gasteiger partial charge in [0.25, 0.3) is 0 Å². The summed E-state index contributed by atoms with van der Waals surface area (Å²) in [5.74, 6) is 0.592. The highest BCUT2D eigenvalue weighted by molar-refractivity contribution is 5.74. The minimum absolute atomic E-state index is 0.0167. The maximum atomic E-state index is 14.6. The van der Waals surface area contributed by atoms with Gasteiger partial charge in [-0.15, -0.1) is 0 Å². The maximum Gasteiger partial charge on any atom is 0.303 e. The zero-order chi connectivity index (χ0) is 24.2. The van der Waals surface area contributed by atoms with Crippen LogP contribution in [0.1, 0.15) is 55.8 Å². The predicted octanol–water partition coefficient (Wildman–Crippen LogP) is 6.46. The van der Waals surface area contributed by atoms with E-state index in [0.29, 0.717) is 34.4 Å². The van der Waals surface area contributed by atoms with Gasteiger partial charge in [0, 0.05) is 5.56 Å². The number of hydrogen-bond donors (Lipinski definition) is 1. The summed E-state index contributed by atoms with van der Waals surface area (Å²) >= 11 is 0. The molecule has 0 spiro atoms. The molecule has 0 bridgehead atoms. The summed E-state index contributed by atoms with van der Waals surface area (Å²) in [5.41, 5.74) is 3.40. The third kappa shape index (κ3) is 5.47. The average Bonchev–Trinajstić information content (AvgIpc) is 3.58. The highest BCUT2D eigenvalue weighted by Crippen LogP contribution is 2.45. The van der Waals surface area contributed by atoms with E-state index in [4.69, 9.17) is 14.0 Å². The normalized spacial score (nSPS) is 13.9. The molecule has 1 aliphatic carbocycles. The molecule has 34 heavy (non-hydrogen) atoms. The van der Waals surface area contributed by atoms with E-state index in [1.807, 2.05) is 44.2 Å². The number of allylic oxidation sites excluding steroid dienone is 1. The van der Waals surface area contributed by atoms with Crippen molar-refractivity contribution in [2.45, 2.75) is 45.6 Å². The molecule has 1 atom stereocenters. The van der Waals surface area contributed by atoms with Gasteiger partial charge < -0.3 is 19.1 Å². The number of halogens is 1. The Labute approximate surface area is 198 Å². The fourth-order valence-corrected chi connectivity index (χ4v) is 4.10. The number of aromatic nitrogens is 1. The second-order valence-electron chi connectivity index (χ2n) is 8.84. The van der Waals surface area contributed by atoms with Gasteiger partial charge in [0.05, 0.1) is 19.1 Å². The van der Waals surface area contributed by atoms with Crippen molar-refractivity contribution in [3.63, 3.8) is 0 Å². The minimum atomic E-state index is -0.797. The fourth-order valence-electron chi connectivity index (χ4n) is 4.10. The lowest BCUT2D eigenvalue weighted by Crippen LogP contribution is -2.08. The first-order valence-electron chi connectivity index (χ1n) is 11.3. The summed E-state index contributed by atoms with van der Waals surface area (Å²) in [5, 5.41) is 13.5. The van der Waals surface area contributed by atoms with Crippen LogP contribution in [0.15, 0.2) is 52.6 Å². The van der Waals surface area contributed by atoms with E-state index in [1.165, 1.54) is 13.2 Å². The van der Waals surface area contributed by atoms with Crippen molar-refractivity contribution in [1.82, 2.24) is 5.16 Å². The summed E-state index contributed by atoms with van der Waals surface area (Å²) in [6.45, 7) is 3.99. The largest absolute Gasteiger partial charge is 0.497 e. The molecule has 7 heteroatoms. The lowest BCUT2D eigenvalue weighted by Gasteiger charge is -2.15. The molecule has 1 saturated carbocycles. The molecule has 4 rings (SSSR count). The van der Waals surface area contributed by atoms with E-state index < -0.39 is 11.8 Å². The van der Waals surface area contributed by atoms with Crippen LogP contribution in [-0.2, 0) is 11.4 Å². The Morgan fingerprint density at radius 3 is 2.71 bits per heavy atom. The quantitative estimate of drug-likeness (QED) is 0.370. The SMILES string of the molecule is COc1ccc(F)c(-c2onc(COc3cccc([C@@H](CC(=O)O)C4CC4)c3)c2C=C(C)C)c1. The predicted molar refractivity (Wildman–Crippen MR) is 126 cm³/mol. The number of aliphatic carboxylic acids is 1. The molecule has 1 heterocycles. The van der Waals surface area contributed by atoms with Crippen molar-refractivity contribution < 1.29 is 28.3 Å². The molecule has 0 amide bonds. The van der Waals surface area contributed by atoms with E-state index in [9.17, 15) is 14.3 Å². The Balaban J connectivity index is 1.60. The third-order valence-electron chi connectivity index (χ3n) is 5.90. The molecule has 1 N–H and O–H groups in total.